The van der Waals surface area contributed by atoms with Gasteiger partial charge in [-0.2, -0.15) is 4.99 Å². The van der Waals surface area contributed by atoms with Crippen molar-refractivity contribution < 1.29 is 0 Å². The fourth-order valence-corrected chi connectivity index (χ4v) is 2.42. The first-order chi connectivity index (χ1) is 9.33. The molecule has 0 N–H and O–H groups in total. The Hall–Kier alpha value is -2.23. The number of rotatable bonds is 0. The van der Waals surface area contributed by atoms with Crippen LogP contribution in [0.1, 0.15) is 0 Å². The molecule has 0 aliphatic carbocycles. The van der Waals surface area contributed by atoms with Crippen LogP contribution in [0.2, 0.25) is 0 Å². The molecule has 0 unspecified atom stereocenters. The van der Waals surface area contributed by atoms with Crippen molar-refractivity contribution in [2.75, 3.05) is 6.54 Å². The van der Waals surface area contributed by atoms with Gasteiger partial charge in [0.2, 0.25) is 0 Å². The van der Waals surface area contributed by atoms with Crippen molar-refractivity contribution in [1.29, 1.82) is 0 Å². The molecule has 0 radical (unpaired) electrons. The van der Waals surface area contributed by atoms with Gasteiger partial charge in [-0.05, 0) is 29.8 Å². The van der Waals surface area contributed by atoms with Crippen LogP contribution < -0.4 is 10.7 Å². The van der Waals surface area contributed by atoms with Crippen molar-refractivity contribution in [3.8, 4) is 0 Å². The third-order valence-corrected chi connectivity index (χ3v) is 3.44. The topological polar surface area (TPSA) is 50.0 Å². The second-order valence-corrected chi connectivity index (χ2v) is 4.95. The predicted molar refractivity (Wildman–Crippen MR) is 76.3 cm³/mol. The summed E-state index contributed by atoms with van der Waals surface area (Å²) in [5, 5.41) is 3.06. The summed E-state index contributed by atoms with van der Waals surface area (Å²) >= 11 is 1.43. The fraction of sp³-hybridized carbons (Fsp3) is 0.0714. The molecule has 0 aromatic carbocycles. The highest BCUT2D eigenvalue weighted by Crippen LogP contribution is 2.29. The lowest BCUT2D eigenvalue weighted by Crippen LogP contribution is -2.25. The van der Waals surface area contributed by atoms with E-state index in [1.54, 1.807) is 18.5 Å². The lowest BCUT2D eigenvalue weighted by Gasteiger charge is -2.03. The van der Waals surface area contributed by atoms with E-state index in [0.717, 1.165) is 21.3 Å². The summed E-state index contributed by atoms with van der Waals surface area (Å²) in [5.74, 6) is 2.85. The third kappa shape index (κ3) is 2.62. The van der Waals surface area contributed by atoms with Crippen LogP contribution in [0.4, 0.5) is 0 Å². The van der Waals surface area contributed by atoms with Gasteiger partial charge in [-0.3, -0.25) is 9.98 Å². The minimum atomic E-state index is 0.553. The van der Waals surface area contributed by atoms with Crippen LogP contribution in [0.3, 0.4) is 0 Å². The number of allylic oxidation sites excluding steroid dienone is 2. The molecule has 4 nitrogen and oxygen atoms in total. The van der Waals surface area contributed by atoms with Crippen LogP contribution in [0.5, 0.6) is 0 Å². The van der Waals surface area contributed by atoms with Gasteiger partial charge in [-0.15, -0.1) is 0 Å². The van der Waals surface area contributed by atoms with Gasteiger partial charge in [0.05, 0.1) is 23.1 Å². The number of pyridine rings is 1. The molecule has 3 heterocycles. The molecular formula is C14H10N4S. The van der Waals surface area contributed by atoms with Crippen molar-refractivity contribution in [2.45, 2.75) is 0 Å². The van der Waals surface area contributed by atoms with Crippen LogP contribution in [-0.2, 0) is 0 Å². The van der Waals surface area contributed by atoms with E-state index in [9.17, 15) is 0 Å². The molecule has 2 aliphatic heterocycles. The number of nitrogens with zero attached hydrogens (tertiary/aromatic N) is 4. The number of thioether (sulfide) groups is 1. The van der Waals surface area contributed by atoms with Gasteiger partial charge in [-0.25, -0.2) is 4.99 Å². The van der Waals surface area contributed by atoms with E-state index >= 15 is 0 Å². The lowest BCUT2D eigenvalue weighted by molar-refractivity contribution is 1.05. The molecule has 0 atom stereocenters. The van der Waals surface area contributed by atoms with Gasteiger partial charge in [0.1, 0.15) is 10.4 Å². The maximum atomic E-state index is 4.57. The summed E-state index contributed by atoms with van der Waals surface area (Å²) in [6.45, 7) is 4.50. The summed E-state index contributed by atoms with van der Waals surface area (Å²) in [6.07, 6.45) is 9.09. The molecule has 5 heteroatoms. The van der Waals surface area contributed by atoms with Gasteiger partial charge < -0.3 is 0 Å². The second kappa shape index (κ2) is 5.18. The maximum Gasteiger partial charge on any atom is 0.117 e. The summed E-state index contributed by atoms with van der Waals surface area (Å²) < 4.78 is 0. The Morgan fingerprint density at radius 2 is 2.26 bits per heavy atom. The Kier molecular flexibility index (Phi) is 3.23. The monoisotopic (exact) mass is 266 g/mol. The SMILES string of the molecule is C=C1/N=c2/cncc/c2=N/CC2=C(N=C=CC=C2)S1. The standard InChI is InChI=1S/C14H10N4S/c1-10-18-13-9-15-7-5-12(13)17-8-11-4-2-3-6-16-14(11)19-10/h2-5,7,9H,1,8H2/b17-12-,18-13-. The zero-order chi connectivity index (χ0) is 13.1. The average Bonchev–Trinajstić information content (AvgIpc) is 2.59. The first kappa shape index (κ1) is 11.8. The van der Waals surface area contributed by atoms with Crippen LogP contribution in [0.15, 0.2) is 73.9 Å². The molecule has 0 saturated carbocycles. The number of aliphatic imine (C=N–C) groups is 1. The zero-order valence-corrected chi connectivity index (χ0v) is 10.9. The van der Waals surface area contributed by atoms with Crippen molar-refractivity contribution in [3.63, 3.8) is 0 Å². The highest BCUT2D eigenvalue weighted by molar-refractivity contribution is 8.06. The summed E-state index contributed by atoms with van der Waals surface area (Å²) in [7, 11) is 0. The molecular weight excluding hydrogens is 256 g/mol. The highest BCUT2D eigenvalue weighted by atomic mass is 32.2. The van der Waals surface area contributed by atoms with Gasteiger partial charge in [-0.1, -0.05) is 18.7 Å². The lowest BCUT2D eigenvalue weighted by atomic mass is 10.2. The van der Waals surface area contributed by atoms with E-state index in [2.05, 4.69) is 32.4 Å². The molecule has 0 spiro atoms. The Morgan fingerprint density at radius 1 is 1.32 bits per heavy atom. The molecule has 1 aromatic rings. The van der Waals surface area contributed by atoms with Gasteiger partial charge in [0, 0.05) is 11.8 Å². The molecule has 2 aliphatic rings. The number of hydrogen-bond donors (Lipinski definition) is 0. The smallest absolute Gasteiger partial charge is 0.117 e. The third-order valence-electron chi connectivity index (χ3n) is 2.57. The van der Waals surface area contributed by atoms with Gasteiger partial charge >= 0.3 is 0 Å². The molecule has 92 valence electrons. The normalized spacial score (nSPS) is 20.9. The number of aromatic nitrogens is 1. The van der Waals surface area contributed by atoms with E-state index in [-0.39, 0.29) is 0 Å². The van der Waals surface area contributed by atoms with Crippen LogP contribution in [-0.4, -0.2) is 17.4 Å². The summed E-state index contributed by atoms with van der Waals surface area (Å²) in [6, 6.07) is 1.85. The molecule has 0 saturated heterocycles. The molecule has 0 fully saturated rings. The first-order valence-corrected chi connectivity index (χ1v) is 6.54. The van der Waals surface area contributed by atoms with Crippen LogP contribution in [0.25, 0.3) is 0 Å². The first-order valence-electron chi connectivity index (χ1n) is 5.72. The van der Waals surface area contributed by atoms with Crippen molar-refractivity contribution in [1.82, 2.24) is 4.98 Å². The number of fused-ring (bicyclic) bond motifs is 1. The molecule has 0 amide bonds. The van der Waals surface area contributed by atoms with E-state index in [4.69, 9.17) is 0 Å². The van der Waals surface area contributed by atoms with E-state index in [1.165, 1.54) is 11.8 Å². The fourth-order valence-electron chi connectivity index (χ4n) is 1.69. The van der Waals surface area contributed by atoms with Crippen molar-refractivity contribution in [3.05, 3.63) is 69.6 Å². The van der Waals surface area contributed by atoms with E-state index < -0.39 is 0 Å². The zero-order valence-electron chi connectivity index (χ0n) is 10.1. The Bertz CT molecular complexity index is 780. The minimum absolute atomic E-state index is 0.553. The van der Waals surface area contributed by atoms with Crippen molar-refractivity contribution in [2.24, 2.45) is 15.0 Å². The molecule has 3 rings (SSSR count). The molecule has 19 heavy (non-hydrogen) atoms. The Morgan fingerprint density at radius 3 is 3.21 bits per heavy atom. The van der Waals surface area contributed by atoms with E-state index in [0.29, 0.717) is 11.6 Å². The highest BCUT2D eigenvalue weighted by Gasteiger charge is 2.09. The van der Waals surface area contributed by atoms with Crippen LogP contribution >= 0.6 is 11.8 Å². The molecule has 1 aromatic heterocycles. The van der Waals surface area contributed by atoms with Crippen LogP contribution in [0, 0.1) is 0 Å². The maximum absolute atomic E-state index is 4.57. The summed E-state index contributed by atoms with van der Waals surface area (Å²) in [5.41, 5.74) is 1.03. The van der Waals surface area contributed by atoms with Gasteiger partial charge in [0.25, 0.3) is 0 Å². The predicted octanol–water partition coefficient (Wildman–Crippen LogP) is 1.55. The average molecular weight is 266 g/mol. The summed E-state index contributed by atoms with van der Waals surface area (Å²) in [4.78, 5) is 17.4. The van der Waals surface area contributed by atoms with Crippen molar-refractivity contribution >= 4 is 17.6 Å². The largest absolute Gasteiger partial charge is 0.278 e. The Balaban J connectivity index is 2.18. The van der Waals surface area contributed by atoms with Gasteiger partial charge in [0.15, 0.2) is 0 Å². The molecule has 0 bridgehead atoms. The number of hydrogen-bond acceptors (Lipinski definition) is 5. The van der Waals surface area contributed by atoms with E-state index in [1.807, 2.05) is 18.2 Å². The minimum Gasteiger partial charge on any atom is -0.278 e. The Labute approximate surface area is 114 Å². The second-order valence-electron chi connectivity index (χ2n) is 3.89. The quantitative estimate of drug-likeness (QED) is 0.715.